The summed E-state index contributed by atoms with van der Waals surface area (Å²) in [6.07, 6.45) is 5.66. The lowest BCUT2D eigenvalue weighted by Gasteiger charge is -1.79. The van der Waals surface area contributed by atoms with Crippen LogP contribution in [0.1, 0.15) is 0 Å². The van der Waals surface area contributed by atoms with Crippen molar-refractivity contribution in [3.8, 4) is 11.4 Å². The fourth-order valence-electron chi connectivity index (χ4n) is 0.692. The molecule has 49 valence electrons. The van der Waals surface area contributed by atoms with Gasteiger partial charge in [0.2, 0.25) is 0 Å². The quantitative estimate of drug-likeness (QED) is 0.629. The highest BCUT2D eigenvalue weighted by Gasteiger charge is 2.01. The summed E-state index contributed by atoms with van der Waals surface area (Å²) < 4.78 is 4.72. The van der Waals surface area contributed by atoms with Gasteiger partial charge in [0.05, 0.1) is 11.8 Å². The molecule has 2 rings (SSSR count). The molecule has 4 nitrogen and oxygen atoms in total. The highest BCUT2D eigenvalue weighted by molar-refractivity contribution is 5.50. The van der Waals surface area contributed by atoms with Gasteiger partial charge < -0.3 is 4.42 Å². The number of hydrogen-bond donors (Lipinski definition) is 1. The molecule has 0 amide bonds. The predicted octanol–water partition coefficient (Wildman–Crippen LogP) is 0.865. The van der Waals surface area contributed by atoms with Crippen LogP contribution in [0.4, 0.5) is 0 Å². The Morgan fingerprint density at radius 3 is 3.20 bits per heavy atom. The van der Waals surface area contributed by atoms with Gasteiger partial charge in [0.15, 0.2) is 12.1 Å². The van der Waals surface area contributed by atoms with Crippen molar-refractivity contribution in [2.45, 2.75) is 0 Å². The number of hydrogen-bond acceptors (Lipinski definition) is 3. The normalized spacial score (nSPS) is 10.0. The molecule has 0 unspecified atom stereocenters. The zero-order chi connectivity index (χ0) is 6.81. The van der Waals surface area contributed by atoms with Gasteiger partial charge in [0.1, 0.15) is 6.33 Å². The maximum Gasteiger partial charge on any atom is 0.184 e. The van der Waals surface area contributed by atoms with Crippen molar-refractivity contribution < 1.29 is 4.42 Å². The zero-order valence-electron chi connectivity index (χ0n) is 5.03. The van der Waals surface area contributed by atoms with Crippen molar-refractivity contribution in [2.24, 2.45) is 0 Å². The summed E-state index contributed by atoms with van der Waals surface area (Å²) in [4.78, 5) is 3.90. The van der Waals surface area contributed by atoms with Gasteiger partial charge >= 0.3 is 0 Å². The van der Waals surface area contributed by atoms with E-state index in [9.17, 15) is 0 Å². The summed E-state index contributed by atoms with van der Waals surface area (Å²) in [5.41, 5.74) is 0.765. The minimum absolute atomic E-state index is 0.605. The second-order valence-electron chi connectivity index (χ2n) is 1.76. The fourth-order valence-corrected chi connectivity index (χ4v) is 0.692. The minimum atomic E-state index is 0.605. The Morgan fingerprint density at radius 2 is 2.60 bits per heavy atom. The summed E-state index contributed by atoms with van der Waals surface area (Å²) in [5, 5.41) is 6.43. The van der Waals surface area contributed by atoms with E-state index < -0.39 is 0 Å². The highest BCUT2D eigenvalue weighted by Crippen LogP contribution is 2.11. The molecule has 0 atom stereocenters. The summed E-state index contributed by atoms with van der Waals surface area (Å²) in [6, 6.07) is 1.75. The van der Waals surface area contributed by atoms with E-state index in [1.807, 2.05) is 0 Å². The van der Waals surface area contributed by atoms with Crippen LogP contribution < -0.4 is 0 Å². The van der Waals surface area contributed by atoms with Crippen molar-refractivity contribution in [1.82, 2.24) is 15.2 Å². The van der Waals surface area contributed by atoms with Crippen LogP contribution >= 0.6 is 0 Å². The maximum atomic E-state index is 4.72. The molecule has 0 aliphatic carbocycles. The highest BCUT2D eigenvalue weighted by atomic mass is 16.3. The number of nitrogens with zero attached hydrogens (tertiary/aromatic N) is 2. The van der Waals surface area contributed by atoms with Crippen molar-refractivity contribution in [3.63, 3.8) is 0 Å². The summed E-state index contributed by atoms with van der Waals surface area (Å²) in [6.45, 7) is 0. The lowest BCUT2D eigenvalue weighted by molar-refractivity contribution is 0.559. The first-order valence-corrected chi connectivity index (χ1v) is 2.78. The predicted molar refractivity (Wildman–Crippen MR) is 32.9 cm³/mol. The third kappa shape index (κ3) is 0.699. The monoisotopic (exact) mass is 134 g/mol. The van der Waals surface area contributed by atoms with Gasteiger partial charge in [-0.3, -0.25) is 5.10 Å². The van der Waals surface area contributed by atoms with Crippen LogP contribution in [0.2, 0.25) is 0 Å². The van der Waals surface area contributed by atoms with Gasteiger partial charge in [0, 0.05) is 0 Å². The van der Waals surface area contributed by atoms with Gasteiger partial charge in [-0.15, -0.1) is 0 Å². The van der Waals surface area contributed by atoms with E-state index in [-0.39, 0.29) is 0 Å². The molecule has 10 heavy (non-hydrogen) atoms. The molecule has 0 saturated heterocycles. The van der Waals surface area contributed by atoms with Crippen LogP contribution in [0.5, 0.6) is 0 Å². The van der Waals surface area contributed by atoms with Crippen molar-refractivity contribution in [2.75, 3.05) is 0 Å². The molecule has 0 bridgehead atoms. The Kier molecular flexibility index (Phi) is 1.04. The second-order valence-corrected chi connectivity index (χ2v) is 1.76. The average molecular weight is 134 g/mol. The first kappa shape index (κ1) is 5.22. The SMILES string of the molecule is [c]1occc1-c1nc[nH]n1. The van der Waals surface area contributed by atoms with Crippen molar-refractivity contribution in [3.05, 3.63) is 24.9 Å². The molecule has 2 heterocycles. The Balaban J connectivity index is 2.48. The standard InChI is InChI=1S/C6H4N3O/c1-2-10-3-5(1)6-7-4-8-9-6/h1-2,4H,(H,7,8,9). The fraction of sp³-hybridized carbons (Fsp3) is 0. The number of aromatic amines is 1. The first-order chi connectivity index (χ1) is 4.97. The summed E-state index contributed by atoms with van der Waals surface area (Å²) >= 11 is 0. The lowest BCUT2D eigenvalue weighted by atomic mass is 10.3. The third-order valence-electron chi connectivity index (χ3n) is 1.13. The van der Waals surface area contributed by atoms with E-state index in [0.29, 0.717) is 5.82 Å². The summed E-state index contributed by atoms with van der Waals surface area (Å²) in [5.74, 6) is 0.605. The molecule has 2 aromatic rings. The average Bonchev–Trinajstić information content (AvgIpc) is 2.59. The second kappa shape index (κ2) is 1.98. The van der Waals surface area contributed by atoms with Gasteiger partial charge in [0.25, 0.3) is 0 Å². The Hall–Kier alpha value is -1.58. The largest absolute Gasteiger partial charge is 0.460 e. The molecule has 1 radical (unpaired) electrons. The molecule has 0 aliphatic rings. The Labute approximate surface area is 56.9 Å². The van der Waals surface area contributed by atoms with Gasteiger partial charge in [-0.05, 0) is 6.07 Å². The van der Waals surface area contributed by atoms with Crippen LogP contribution in [0, 0.1) is 6.26 Å². The molecule has 2 aromatic heterocycles. The molecule has 0 aliphatic heterocycles. The molecule has 1 N–H and O–H groups in total. The van der Waals surface area contributed by atoms with Crippen LogP contribution in [-0.2, 0) is 0 Å². The molecule has 0 aromatic carbocycles. The third-order valence-corrected chi connectivity index (χ3v) is 1.13. The zero-order valence-corrected chi connectivity index (χ0v) is 5.03. The molecular formula is C6H4N3O. The van der Waals surface area contributed by atoms with E-state index >= 15 is 0 Å². The number of H-pyrrole nitrogens is 1. The van der Waals surface area contributed by atoms with Gasteiger partial charge in [-0.2, -0.15) is 5.10 Å². The van der Waals surface area contributed by atoms with E-state index in [4.69, 9.17) is 4.42 Å². The topological polar surface area (TPSA) is 54.7 Å². The van der Waals surface area contributed by atoms with E-state index in [1.165, 1.54) is 12.6 Å². The molecule has 0 saturated carbocycles. The number of aromatic nitrogens is 3. The molecule has 4 heteroatoms. The lowest BCUT2D eigenvalue weighted by Crippen LogP contribution is -1.74. The number of furan rings is 1. The summed E-state index contributed by atoms with van der Waals surface area (Å²) in [7, 11) is 0. The van der Waals surface area contributed by atoms with Gasteiger partial charge in [-0.1, -0.05) is 0 Å². The van der Waals surface area contributed by atoms with Crippen LogP contribution in [0.25, 0.3) is 11.4 Å². The molecule has 0 fully saturated rings. The van der Waals surface area contributed by atoms with Crippen molar-refractivity contribution in [1.29, 1.82) is 0 Å². The first-order valence-electron chi connectivity index (χ1n) is 2.78. The van der Waals surface area contributed by atoms with Crippen molar-refractivity contribution >= 4 is 0 Å². The Morgan fingerprint density at radius 1 is 1.60 bits per heavy atom. The van der Waals surface area contributed by atoms with E-state index in [1.54, 1.807) is 6.07 Å². The van der Waals surface area contributed by atoms with E-state index in [2.05, 4.69) is 21.4 Å². The molecular weight excluding hydrogens is 130 g/mol. The maximum absolute atomic E-state index is 4.72. The molecule has 0 spiro atoms. The number of nitrogens with one attached hydrogen (secondary N) is 1. The smallest absolute Gasteiger partial charge is 0.184 e. The number of rotatable bonds is 1. The van der Waals surface area contributed by atoms with Gasteiger partial charge in [-0.25, -0.2) is 4.98 Å². The van der Waals surface area contributed by atoms with Crippen LogP contribution in [-0.4, -0.2) is 15.2 Å². The van der Waals surface area contributed by atoms with Crippen LogP contribution in [0.15, 0.2) is 23.1 Å². The Bertz CT molecular complexity index is 252. The van der Waals surface area contributed by atoms with E-state index in [0.717, 1.165) is 5.56 Å². The minimum Gasteiger partial charge on any atom is -0.460 e. The van der Waals surface area contributed by atoms with Crippen LogP contribution in [0.3, 0.4) is 0 Å².